The van der Waals surface area contributed by atoms with Crippen LogP contribution in [-0.2, 0) is 17.9 Å². The first kappa shape index (κ1) is 18.2. The van der Waals surface area contributed by atoms with Gasteiger partial charge in [-0.25, -0.2) is 0 Å². The summed E-state index contributed by atoms with van der Waals surface area (Å²) in [7, 11) is 0. The average molecular weight is 337 g/mol. The molecule has 0 spiro atoms. The van der Waals surface area contributed by atoms with Gasteiger partial charge in [0.05, 0.1) is 19.0 Å². The summed E-state index contributed by atoms with van der Waals surface area (Å²) in [6.45, 7) is 8.72. The van der Waals surface area contributed by atoms with E-state index in [0.717, 1.165) is 18.7 Å². The maximum absolute atomic E-state index is 10.3. The van der Waals surface area contributed by atoms with E-state index in [9.17, 15) is 5.11 Å². The summed E-state index contributed by atoms with van der Waals surface area (Å²) in [5.74, 6) is 0.782. The minimum Gasteiger partial charge on any atom is -0.467 e. The normalized spacial score (nSPS) is 14.3. The van der Waals surface area contributed by atoms with Crippen LogP contribution in [0.5, 0.6) is 0 Å². The van der Waals surface area contributed by atoms with Crippen molar-refractivity contribution in [3.05, 3.63) is 46.0 Å². The molecule has 0 saturated heterocycles. The van der Waals surface area contributed by atoms with E-state index < -0.39 is 6.10 Å². The first-order chi connectivity index (χ1) is 11.1. The molecule has 0 aliphatic carbocycles. The molecule has 0 aliphatic rings. The number of furan rings is 1. The van der Waals surface area contributed by atoms with E-state index in [4.69, 9.17) is 9.15 Å². The number of aliphatic hydroxyl groups is 1. The summed E-state index contributed by atoms with van der Waals surface area (Å²) in [6, 6.07) is 8.46. The third-order valence-corrected chi connectivity index (χ3v) is 4.93. The predicted molar refractivity (Wildman–Crippen MR) is 93.6 cm³/mol. The Bertz CT molecular complexity index is 552. The van der Waals surface area contributed by atoms with Gasteiger partial charge in [-0.3, -0.25) is 4.90 Å². The van der Waals surface area contributed by atoms with E-state index in [0.29, 0.717) is 25.8 Å². The second kappa shape index (κ2) is 9.23. The summed E-state index contributed by atoms with van der Waals surface area (Å²) >= 11 is 1.82. The van der Waals surface area contributed by atoms with E-state index in [1.807, 2.05) is 23.5 Å². The highest BCUT2D eigenvalue weighted by Gasteiger charge is 2.18. The first-order valence-corrected chi connectivity index (χ1v) is 8.97. The van der Waals surface area contributed by atoms with Gasteiger partial charge < -0.3 is 14.3 Å². The molecule has 2 heterocycles. The van der Waals surface area contributed by atoms with Crippen molar-refractivity contribution >= 4 is 11.3 Å². The van der Waals surface area contributed by atoms with Crippen LogP contribution in [0.1, 0.15) is 35.8 Å². The maximum atomic E-state index is 10.3. The van der Waals surface area contributed by atoms with Crippen LogP contribution in [0.25, 0.3) is 0 Å². The minimum absolute atomic E-state index is 0.317. The lowest BCUT2D eigenvalue weighted by molar-refractivity contribution is -0.00252. The standard InChI is InChI=1S/C18H27NO3S/c1-4-14(2)19(11-18-8-7-15(3)23-18)10-16(20)12-21-13-17-6-5-9-22-17/h5-9,14,16,20H,4,10-13H2,1-3H3/t14-,16-/m0/s1. The highest BCUT2D eigenvalue weighted by atomic mass is 32.1. The van der Waals surface area contributed by atoms with Crippen LogP contribution in [0.15, 0.2) is 34.9 Å². The SMILES string of the molecule is CC[C@H](C)N(Cc1ccc(C)s1)C[C@H](O)COCc1ccco1. The lowest BCUT2D eigenvalue weighted by atomic mass is 10.2. The van der Waals surface area contributed by atoms with Crippen molar-refractivity contribution in [3.63, 3.8) is 0 Å². The van der Waals surface area contributed by atoms with E-state index in [-0.39, 0.29) is 0 Å². The van der Waals surface area contributed by atoms with E-state index in [2.05, 4.69) is 37.8 Å². The van der Waals surface area contributed by atoms with Gasteiger partial charge in [0.2, 0.25) is 0 Å². The zero-order chi connectivity index (χ0) is 16.7. The van der Waals surface area contributed by atoms with Crippen LogP contribution in [0.3, 0.4) is 0 Å². The molecular formula is C18H27NO3S. The maximum Gasteiger partial charge on any atom is 0.129 e. The summed E-state index contributed by atoms with van der Waals surface area (Å²) in [6.07, 6.45) is 2.19. The van der Waals surface area contributed by atoms with Gasteiger partial charge in [0.15, 0.2) is 0 Å². The Morgan fingerprint density at radius 1 is 1.35 bits per heavy atom. The third kappa shape index (κ3) is 6.11. The molecule has 0 unspecified atom stereocenters. The fourth-order valence-corrected chi connectivity index (χ4v) is 3.36. The summed E-state index contributed by atoms with van der Waals surface area (Å²) in [5, 5.41) is 10.3. The number of thiophene rings is 1. The molecule has 4 nitrogen and oxygen atoms in total. The van der Waals surface area contributed by atoms with Gasteiger partial charge in [0, 0.05) is 28.9 Å². The molecular weight excluding hydrogens is 310 g/mol. The van der Waals surface area contributed by atoms with Gasteiger partial charge in [0.25, 0.3) is 0 Å². The molecule has 2 aromatic rings. The van der Waals surface area contributed by atoms with Gasteiger partial charge in [-0.05, 0) is 44.5 Å². The topological polar surface area (TPSA) is 45.8 Å². The number of hydrogen-bond acceptors (Lipinski definition) is 5. The highest BCUT2D eigenvalue weighted by Crippen LogP contribution is 2.19. The quantitative estimate of drug-likeness (QED) is 0.716. The van der Waals surface area contributed by atoms with Crippen LogP contribution in [-0.4, -0.2) is 35.3 Å². The number of aryl methyl sites for hydroxylation is 1. The number of rotatable bonds is 10. The number of ether oxygens (including phenoxy) is 1. The lowest BCUT2D eigenvalue weighted by Crippen LogP contribution is -2.39. The van der Waals surface area contributed by atoms with Gasteiger partial charge in [-0.15, -0.1) is 11.3 Å². The van der Waals surface area contributed by atoms with Crippen molar-refractivity contribution in [2.75, 3.05) is 13.2 Å². The molecule has 1 N–H and O–H groups in total. The second-order valence-electron chi connectivity index (χ2n) is 5.95. The molecule has 2 rings (SSSR count). The fraction of sp³-hybridized carbons (Fsp3) is 0.556. The van der Waals surface area contributed by atoms with Crippen LogP contribution in [0.4, 0.5) is 0 Å². The monoisotopic (exact) mass is 337 g/mol. The Morgan fingerprint density at radius 3 is 2.78 bits per heavy atom. The smallest absolute Gasteiger partial charge is 0.129 e. The molecule has 0 radical (unpaired) electrons. The largest absolute Gasteiger partial charge is 0.467 e. The van der Waals surface area contributed by atoms with Crippen LogP contribution in [0, 0.1) is 6.92 Å². The first-order valence-electron chi connectivity index (χ1n) is 8.16. The molecule has 0 aliphatic heterocycles. The lowest BCUT2D eigenvalue weighted by Gasteiger charge is -2.30. The van der Waals surface area contributed by atoms with Gasteiger partial charge >= 0.3 is 0 Å². The van der Waals surface area contributed by atoms with Crippen molar-refractivity contribution in [2.45, 2.75) is 52.5 Å². The molecule has 0 fully saturated rings. The minimum atomic E-state index is -0.500. The average Bonchev–Trinajstić information content (AvgIpc) is 3.17. The fourth-order valence-electron chi connectivity index (χ4n) is 2.44. The van der Waals surface area contributed by atoms with Crippen LogP contribution < -0.4 is 0 Å². The van der Waals surface area contributed by atoms with Gasteiger partial charge in [-0.1, -0.05) is 6.92 Å². The van der Waals surface area contributed by atoms with Gasteiger partial charge in [-0.2, -0.15) is 0 Å². The Kier molecular flexibility index (Phi) is 7.30. The van der Waals surface area contributed by atoms with Gasteiger partial charge in [0.1, 0.15) is 12.4 Å². The Hall–Kier alpha value is -1.14. The zero-order valence-electron chi connectivity index (χ0n) is 14.2. The van der Waals surface area contributed by atoms with E-state index in [1.165, 1.54) is 9.75 Å². The molecule has 0 aromatic carbocycles. The summed E-state index contributed by atoms with van der Waals surface area (Å²) in [5.41, 5.74) is 0. The Labute approximate surface area is 142 Å². The molecule has 0 amide bonds. The van der Waals surface area contributed by atoms with Crippen LogP contribution >= 0.6 is 11.3 Å². The molecule has 0 saturated carbocycles. The predicted octanol–water partition coefficient (Wildman–Crippen LogP) is 3.83. The van der Waals surface area contributed by atoms with Crippen molar-refractivity contribution in [3.8, 4) is 0 Å². The third-order valence-electron chi connectivity index (χ3n) is 3.95. The Morgan fingerprint density at radius 2 is 2.17 bits per heavy atom. The van der Waals surface area contributed by atoms with Crippen molar-refractivity contribution in [1.29, 1.82) is 0 Å². The second-order valence-corrected chi connectivity index (χ2v) is 7.32. The van der Waals surface area contributed by atoms with Crippen LogP contribution in [0.2, 0.25) is 0 Å². The van der Waals surface area contributed by atoms with Crippen molar-refractivity contribution < 1.29 is 14.3 Å². The molecule has 2 atom stereocenters. The molecule has 128 valence electrons. The highest BCUT2D eigenvalue weighted by molar-refractivity contribution is 7.11. The van der Waals surface area contributed by atoms with E-state index >= 15 is 0 Å². The molecule has 0 bridgehead atoms. The van der Waals surface area contributed by atoms with Crippen molar-refractivity contribution in [2.24, 2.45) is 0 Å². The molecule has 23 heavy (non-hydrogen) atoms. The number of hydrogen-bond donors (Lipinski definition) is 1. The van der Waals surface area contributed by atoms with Crippen molar-refractivity contribution in [1.82, 2.24) is 4.90 Å². The summed E-state index contributed by atoms with van der Waals surface area (Å²) < 4.78 is 10.8. The number of aliphatic hydroxyl groups excluding tert-OH is 1. The Balaban J connectivity index is 1.81. The van der Waals surface area contributed by atoms with E-state index in [1.54, 1.807) is 6.26 Å². The molecule has 2 aromatic heterocycles. The summed E-state index contributed by atoms with van der Waals surface area (Å²) in [4.78, 5) is 4.99. The zero-order valence-corrected chi connectivity index (χ0v) is 15.0. The number of nitrogens with zero attached hydrogens (tertiary/aromatic N) is 1. The molecule has 5 heteroatoms.